The zero-order chi connectivity index (χ0) is 12.6. The quantitative estimate of drug-likeness (QED) is 0.807. The molecule has 2 atom stereocenters. The van der Waals surface area contributed by atoms with Gasteiger partial charge in [0.05, 0.1) is 6.04 Å². The Bertz CT molecular complexity index is 484. The van der Waals surface area contributed by atoms with Gasteiger partial charge in [0.1, 0.15) is 5.60 Å². The van der Waals surface area contributed by atoms with Crippen LogP contribution in [0.15, 0.2) is 60.7 Å². The number of hydrogen-bond donors (Lipinski definition) is 2. The topological polar surface area (TPSA) is 42.2 Å². The van der Waals surface area contributed by atoms with E-state index >= 15 is 0 Å². The Balaban J connectivity index is 2.11. The Labute approximate surface area is 107 Å². The van der Waals surface area contributed by atoms with Gasteiger partial charge in [0.15, 0.2) is 0 Å². The highest BCUT2D eigenvalue weighted by Gasteiger charge is 2.51. The van der Waals surface area contributed by atoms with Crippen LogP contribution in [0.3, 0.4) is 0 Å². The number of hydrogen-bond acceptors (Lipinski definition) is 2. The van der Waals surface area contributed by atoms with Crippen LogP contribution < -0.4 is 5.32 Å². The Hall–Kier alpha value is -1.64. The predicted octanol–water partition coefficient (Wildman–Crippen LogP) is 2.28. The van der Waals surface area contributed by atoms with Crippen LogP contribution >= 0.6 is 0 Å². The maximum absolute atomic E-state index is 11.2. The van der Waals surface area contributed by atoms with E-state index in [1.54, 1.807) is 0 Å². The van der Waals surface area contributed by atoms with E-state index < -0.39 is 5.60 Å². The fourth-order valence-electron chi connectivity index (χ4n) is 2.62. The lowest BCUT2D eigenvalue weighted by atomic mass is 9.82. The monoisotopic (exact) mass is 239 g/mol. The molecule has 1 aliphatic heterocycles. The number of nitrogens with one attached hydrogen (secondary N) is 1. The van der Waals surface area contributed by atoms with Gasteiger partial charge in [-0.1, -0.05) is 60.7 Å². The molecule has 1 heterocycles. The van der Waals surface area contributed by atoms with Gasteiger partial charge in [-0.25, -0.2) is 0 Å². The lowest BCUT2D eigenvalue weighted by molar-refractivity contribution is 0.0771. The van der Waals surface area contributed by atoms with E-state index in [1.807, 2.05) is 60.7 Å². The highest BCUT2D eigenvalue weighted by molar-refractivity contribution is 5.41. The lowest BCUT2D eigenvalue weighted by Gasteiger charge is -2.29. The molecule has 2 N–H and O–H groups in total. The Morgan fingerprint density at radius 3 is 1.61 bits per heavy atom. The fraction of sp³-hybridized carbons (Fsp3) is 0.250. The summed E-state index contributed by atoms with van der Waals surface area (Å²) in [6.45, 7) is 2.10. The van der Waals surface area contributed by atoms with Crippen LogP contribution in [-0.4, -0.2) is 17.2 Å². The maximum Gasteiger partial charge on any atom is 0.131 e. The van der Waals surface area contributed by atoms with E-state index in [-0.39, 0.29) is 6.04 Å². The van der Waals surface area contributed by atoms with Gasteiger partial charge in [0, 0.05) is 6.04 Å². The molecule has 92 valence electrons. The van der Waals surface area contributed by atoms with Crippen molar-refractivity contribution in [2.24, 2.45) is 0 Å². The van der Waals surface area contributed by atoms with Crippen molar-refractivity contribution in [1.29, 1.82) is 0 Å². The third-order valence-corrected chi connectivity index (χ3v) is 3.71. The molecule has 0 bridgehead atoms. The molecule has 0 aliphatic carbocycles. The summed E-state index contributed by atoms with van der Waals surface area (Å²) in [7, 11) is 0. The first-order valence-corrected chi connectivity index (χ1v) is 6.32. The van der Waals surface area contributed by atoms with Crippen LogP contribution in [0.5, 0.6) is 0 Å². The second kappa shape index (κ2) is 4.23. The first-order valence-electron chi connectivity index (χ1n) is 6.32. The summed E-state index contributed by atoms with van der Waals surface area (Å²) in [4.78, 5) is 0. The number of rotatable bonds is 3. The van der Waals surface area contributed by atoms with Crippen LogP contribution in [0.2, 0.25) is 0 Å². The molecule has 0 saturated carbocycles. The first-order chi connectivity index (χ1) is 8.73. The minimum absolute atomic E-state index is 0.0855. The van der Waals surface area contributed by atoms with E-state index in [2.05, 4.69) is 12.2 Å². The van der Waals surface area contributed by atoms with Gasteiger partial charge in [-0.15, -0.1) is 0 Å². The van der Waals surface area contributed by atoms with Gasteiger partial charge in [0.25, 0.3) is 0 Å². The van der Waals surface area contributed by atoms with Crippen molar-refractivity contribution in [2.75, 3.05) is 0 Å². The van der Waals surface area contributed by atoms with Crippen molar-refractivity contribution < 1.29 is 5.11 Å². The third-order valence-electron chi connectivity index (χ3n) is 3.71. The van der Waals surface area contributed by atoms with Crippen LogP contribution in [0.4, 0.5) is 0 Å². The Kier molecular flexibility index (Phi) is 2.69. The molecule has 2 heteroatoms. The summed E-state index contributed by atoms with van der Waals surface area (Å²) in [6, 6.07) is 20.2. The summed E-state index contributed by atoms with van der Waals surface area (Å²) in [6.07, 6.45) is 0. The Morgan fingerprint density at radius 2 is 1.28 bits per heavy atom. The predicted molar refractivity (Wildman–Crippen MR) is 72.3 cm³/mol. The van der Waals surface area contributed by atoms with E-state index in [1.165, 1.54) is 0 Å². The Morgan fingerprint density at radius 1 is 0.889 bits per heavy atom. The largest absolute Gasteiger partial charge is 0.379 e. The molecule has 0 radical (unpaired) electrons. The molecule has 0 amide bonds. The van der Waals surface area contributed by atoms with Crippen LogP contribution in [0.25, 0.3) is 0 Å². The van der Waals surface area contributed by atoms with E-state index in [0.717, 1.165) is 11.1 Å². The summed E-state index contributed by atoms with van der Waals surface area (Å²) in [5.41, 5.74) is 0.943. The fourth-order valence-corrected chi connectivity index (χ4v) is 2.62. The van der Waals surface area contributed by atoms with Crippen molar-refractivity contribution in [3.05, 3.63) is 71.8 Å². The lowest BCUT2D eigenvalue weighted by Crippen LogP contribution is -2.35. The van der Waals surface area contributed by atoms with Gasteiger partial charge in [-0.2, -0.15) is 0 Å². The molecule has 0 spiro atoms. The molecular weight excluding hydrogens is 222 g/mol. The molecule has 1 aliphatic rings. The molecule has 2 nitrogen and oxygen atoms in total. The van der Waals surface area contributed by atoms with Crippen LogP contribution in [0, 0.1) is 0 Å². The van der Waals surface area contributed by atoms with Gasteiger partial charge < -0.3 is 10.4 Å². The minimum atomic E-state index is -0.943. The van der Waals surface area contributed by atoms with Gasteiger partial charge >= 0.3 is 0 Å². The highest BCUT2D eigenvalue weighted by Crippen LogP contribution is 2.39. The molecule has 1 fully saturated rings. The molecule has 0 aromatic heterocycles. The molecule has 1 saturated heterocycles. The van der Waals surface area contributed by atoms with Crippen LogP contribution in [-0.2, 0) is 5.60 Å². The van der Waals surface area contributed by atoms with Gasteiger partial charge in [-0.3, -0.25) is 0 Å². The minimum Gasteiger partial charge on any atom is -0.379 e. The average molecular weight is 239 g/mol. The summed E-state index contributed by atoms with van der Waals surface area (Å²) < 4.78 is 0. The highest BCUT2D eigenvalue weighted by atomic mass is 16.3. The summed E-state index contributed by atoms with van der Waals surface area (Å²) >= 11 is 0. The molecule has 2 aromatic carbocycles. The maximum atomic E-state index is 11.2. The molecule has 3 rings (SSSR count). The normalized spacial score (nSPS) is 22.8. The standard InChI is InChI=1S/C16H17NO/c1-12-15(17-12)16(18,13-8-4-2-5-9-13)14-10-6-3-7-11-14/h2-12,15,17-18H,1H3/t12-,15-/m0/s1. The first kappa shape index (κ1) is 11.5. The van der Waals surface area contributed by atoms with Crippen LogP contribution in [0.1, 0.15) is 18.1 Å². The van der Waals surface area contributed by atoms with Crippen molar-refractivity contribution in [3.63, 3.8) is 0 Å². The summed E-state index contributed by atoms with van der Waals surface area (Å²) in [5, 5.41) is 14.5. The molecule has 0 unspecified atom stereocenters. The zero-order valence-electron chi connectivity index (χ0n) is 10.4. The molecule has 18 heavy (non-hydrogen) atoms. The van der Waals surface area contributed by atoms with E-state index in [0.29, 0.717) is 6.04 Å². The smallest absolute Gasteiger partial charge is 0.131 e. The van der Waals surface area contributed by atoms with Gasteiger partial charge in [0.2, 0.25) is 0 Å². The van der Waals surface area contributed by atoms with E-state index in [4.69, 9.17) is 0 Å². The zero-order valence-corrected chi connectivity index (χ0v) is 10.4. The van der Waals surface area contributed by atoms with Crippen molar-refractivity contribution in [2.45, 2.75) is 24.6 Å². The van der Waals surface area contributed by atoms with Crippen molar-refractivity contribution in [3.8, 4) is 0 Å². The second-order valence-corrected chi connectivity index (χ2v) is 4.93. The number of benzene rings is 2. The second-order valence-electron chi connectivity index (χ2n) is 4.93. The SMILES string of the molecule is C[C@@H]1N[C@@H]1C(O)(c1ccccc1)c1ccccc1. The van der Waals surface area contributed by atoms with Gasteiger partial charge in [-0.05, 0) is 18.1 Å². The van der Waals surface area contributed by atoms with E-state index in [9.17, 15) is 5.11 Å². The third kappa shape index (κ3) is 1.74. The summed E-state index contributed by atoms with van der Waals surface area (Å²) in [5.74, 6) is 0. The molecule has 2 aromatic rings. The van der Waals surface area contributed by atoms with Crippen molar-refractivity contribution >= 4 is 0 Å². The average Bonchev–Trinajstić information content (AvgIpc) is 3.17. The number of aliphatic hydroxyl groups is 1. The molecular formula is C16H17NO. The van der Waals surface area contributed by atoms with Crippen molar-refractivity contribution in [1.82, 2.24) is 5.32 Å².